The van der Waals surface area contributed by atoms with Crippen LogP contribution in [0, 0.1) is 5.82 Å². The number of nitrogens with one attached hydrogen (secondary N) is 1. The lowest BCUT2D eigenvalue weighted by Crippen LogP contribution is -2.48. The van der Waals surface area contributed by atoms with Crippen LogP contribution >= 0.6 is 0 Å². The Balaban J connectivity index is 1.64. The van der Waals surface area contributed by atoms with Gasteiger partial charge in [-0.25, -0.2) is 4.39 Å². The third-order valence-corrected chi connectivity index (χ3v) is 4.82. The molecule has 0 bridgehead atoms. The topological polar surface area (TPSA) is 100 Å². The molecule has 1 saturated heterocycles. The lowest BCUT2D eigenvalue weighted by atomic mass is 10.1. The zero-order chi connectivity index (χ0) is 19.4. The molecular weight excluding hydrogens is 353 g/mol. The van der Waals surface area contributed by atoms with Gasteiger partial charge in [-0.15, -0.1) is 0 Å². The molecule has 2 aliphatic rings. The first-order chi connectivity index (χ1) is 13.0. The number of hydrazone groups is 1. The van der Waals surface area contributed by atoms with Crippen LogP contribution in [-0.4, -0.2) is 67.4 Å². The van der Waals surface area contributed by atoms with Crippen molar-refractivity contribution in [3.8, 4) is 0 Å². The van der Waals surface area contributed by atoms with Crippen molar-refractivity contribution in [3.05, 3.63) is 30.1 Å². The van der Waals surface area contributed by atoms with Crippen molar-refractivity contribution in [2.24, 2.45) is 10.8 Å². The average Bonchev–Trinajstić information content (AvgIpc) is 3.13. The second-order valence-corrected chi connectivity index (χ2v) is 6.70. The first-order valence-electron chi connectivity index (χ1n) is 8.97. The van der Waals surface area contributed by atoms with Gasteiger partial charge in [-0.1, -0.05) is 0 Å². The van der Waals surface area contributed by atoms with E-state index in [2.05, 4.69) is 15.3 Å². The number of hydrogen-bond acceptors (Lipinski definition) is 6. The van der Waals surface area contributed by atoms with Gasteiger partial charge in [-0.2, -0.15) is 5.10 Å². The van der Waals surface area contributed by atoms with Gasteiger partial charge in [0.05, 0.1) is 18.9 Å². The highest BCUT2D eigenvalue weighted by Gasteiger charge is 2.35. The standard InChI is InChI=1S/C18H24FN5O3/c1-12(23-6-8-27-9-7-23)11-21-18(26)15-10-16(17(20)25)24(22-15)14-4-2-13(19)3-5-14/h2-5,12,16H,6-11H2,1H3,(H2,20,25)(H,21,26). The third kappa shape index (κ3) is 4.61. The van der Waals surface area contributed by atoms with E-state index >= 15 is 0 Å². The predicted molar refractivity (Wildman–Crippen MR) is 98.8 cm³/mol. The van der Waals surface area contributed by atoms with Gasteiger partial charge in [0.25, 0.3) is 5.91 Å². The van der Waals surface area contributed by atoms with Gasteiger partial charge >= 0.3 is 0 Å². The van der Waals surface area contributed by atoms with E-state index in [1.54, 1.807) is 0 Å². The molecule has 3 N–H and O–H groups in total. The third-order valence-electron chi connectivity index (χ3n) is 4.82. The van der Waals surface area contributed by atoms with Crippen LogP contribution in [-0.2, 0) is 14.3 Å². The molecule has 0 aliphatic carbocycles. The fourth-order valence-electron chi connectivity index (χ4n) is 3.19. The number of amides is 2. The van der Waals surface area contributed by atoms with Crippen LogP contribution in [0.3, 0.4) is 0 Å². The summed E-state index contributed by atoms with van der Waals surface area (Å²) >= 11 is 0. The molecular formula is C18H24FN5O3. The Labute approximate surface area is 157 Å². The number of halogens is 1. The number of primary amides is 1. The Morgan fingerprint density at radius 3 is 2.63 bits per heavy atom. The Hall–Kier alpha value is -2.52. The largest absolute Gasteiger partial charge is 0.379 e. The van der Waals surface area contributed by atoms with Crippen molar-refractivity contribution in [1.29, 1.82) is 0 Å². The van der Waals surface area contributed by atoms with Gasteiger partial charge < -0.3 is 15.8 Å². The van der Waals surface area contributed by atoms with Gasteiger partial charge in [-0.05, 0) is 31.2 Å². The number of morpholine rings is 1. The molecule has 27 heavy (non-hydrogen) atoms. The van der Waals surface area contributed by atoms with E-state index in [0.29, 0.717) is 25.4 Å². The van der Waals surface area contributed by atoms with E-state index in [9.17, 15) is 14.0 Å². The number of carbonyl (C=O) groups excluding carboxylic acids is 2. The smallest absolute Gasteiger partial charge is 0.267 e. The summed E-state index contributed by atoms with van der Waals surface area (Å²) in [5.41, 5.74) is 6.20. The highest BCUT2D eigenvalue weighted by Crippen LogP contribution is 2.24. The maximum absolute atomic E-state index is 13.1. The maximum Gasteiger partial charge on any atom is 0.267 e. The molecule has 2 unspecified atom stereocenters. The van der Waals surface area contributed by atoms with E-state index in [0.717, 1.165) is 13.1 Å². The summed E-state index contributed by atoms with van der Waals surface area (Å²) in [5.74, 6) is -1.31. The molecule has 0 radical (unpaired) electrons. The number of nitrogens with two attached hydrogens (primary N) is 1. The van der Waals surface area contributed by atoms with E-state index in [-0.39, 0.29) is 24.1 Å². The lowest BCUT2D eigenvalue weighted by Gasteiger charge is -2.32. The predicted octanol–water partition coefficient (Wildman–Crippen LogP) is 0.0826. The number of anilines is 1. The summed E-state index contributed by atoms with van der Waals surface area (Å²) in [6.45, 7) is 5.56. The number of benzene rings is 1. The maximum atomic E-state index is 13.1. The molecule has 146 valence electrons. The van der Waals surface area contributed by atoms with Gasteiger partial charge in [-0.3, -0.25) is 19.5 Å². The van der Waals surface area contributed by atoms with Crippen LogP contribution in [0.15, 0.2) is 29.4 Å². The quantitative estimate of drug-likeness (QED) is 0.732. The molecule has 9 heteroatoms. The molecule has 2 heterocycles. The number of hydrogen-bond donors (Lipinski definition) is 2. The minimum Gasteiger partial charge on any atom is -0.379 e. The van der Waals surface area contributed by atoms with E-state index in [4.69, 9.17) is 10.5 Å². The number of carbonyl (C=O) groups is 2. The van der Waals surface area contributed by atoms with Gasteiger partial charge in [0.1, 0.15) is 17.6 Å². The summed E-state index contributed by atoms with van der Waals surface area (Å²) in [6, 6.07) is 4.93. The molecule has 1 fully saturated rings. The van der Waals surface area contributed by atoms with E-state index in [1.807, 2.05) is 6.92 Å². The fraction of sp³-hybridized carbons (Fsp3) is 0.500. The van der Waals surface area contributed by atoms with Crippen molar-refractivity contribution in [3.63, 3.8) is 0 Å². The Bertz CT molecular complexity index is 718. The van der Waals surface area contributed by atoms with Crippen molar-refractivity contribution < 1.29 is 18.7 Å². The fourth-order valence-corrected chi connectivity index (χ4v) is 3.19. The van der Waals surface area contributed by atoms with Crippen molar-refractivity contribution in [2.45, 2.75) is 25.4 Å². The van der Waals surface area contributed by atoms with E-state index in [1.165, 1.54) is 29.3 Å². The average molecular weight is 377 g/mol. The highest BCUT2D eigenvalue weighted by atomic mass is 19.1. The van der Waals surface area contributed by atoms with Crippen LogP contribution in [0.5, 0.6) is 0 Å². The Morgan fingerprint density at radius 1 is 1.33 bits per heavy atom. The van der Waals surface area contributed by atoms with Crippen molar-refractivity contribution in [1.82, 2.24) is 10.2 Å². The van der Waals surface area contributed by atoms with Gasteiger partial charge in [0.15, 0.2) is 0 Å². The molecule has 2 atom stereocenters. The number of ether oxygens (including phenoxy) is 1. The SMILES string of the molecule is CC(CNC(=O)C1=NN(c2ccc(F)cc2)C(C(N)=O)C1)N1CCOCC1. The van der Waals surface area contributed by atoms with Gasteiger partial charge in [0.2, 0.25) is 5.91 Å². The molecule has 1 aromatic rings. The second kappa shape index (κ2) is 8.45. The van der Waals surface area contributed by atoms with Crippen LogP contribution in [0.1, 0.15) is 13.3 Å². The lowest BCUT2D eigenvalue weighted by molar-refractivity contribution is -0.119. The van der Waals surface area contributed by atoms with E-state index < -0.39 is 17.8 Å². The molecule has 8 nitrogen and oxygen atoms in total. The van der Waals surface area contributed by atoms with Crippen LogP contribution in [0.4, 0.5) is 10.1 Å². The normalized spacial score (nSPS) is 21.6. The second-order valence-electron chi connectivity index (χ2n) is 6.70. The summed E-state index contributed by atoms with van der Waals surface area (Å²) in [5, 5.41) is 8.51. The molecule has 0 aromatic heterocycles. The van der Waals surface area contributed by atoms with Gasteiger partial charge in [0, 0.05) is 32.1 Å². The number of rotatable bonds is 6. The molecule has 0 spiro atoms. The summed E-state index contributed by atoms with van der Waals surface area (Å²) < 4.78 is 18.5. The number of nitrogens with zero attached hydrogens (tertiary/aromatic N) is 3. The van der Waals surface area contributed by atoms with Crippen LogP contribution < -0.4 is 16.1 Å². The monoisotopic (exact) mass is 377 g/mol. The zero-order valence-electron chi connectivity index (χ0n) is 15.2. The molecule has 2 amide bonds. The minimum atomic E-state index is -0.770. The first-order valence-corrected chi connectivity index (χ1v) is 8.97. The zero-order valence-corrected chi connectivity index (χ0v) is 15.2. The molecule has 2 aliphatic heterocycles. The van der Waals surface area contributed by atoms with Crippen LogP contribution in [0.25, 0.3) is 0 Å². The molecule has 1 aromatic carbocycles. The van der Waals surface area contributed by atoms with Crippen molar-refractivity contribution >= 4 is 23.2 Å². The Kier molecular flexibility index (Phi) is 6.02. The molecule has 0 saturated carbocycles. The highest BCUT2D eigenvalue weighted by molar-refractivity contribution is 6.40. The minimum absolute atomic E-state index is 0.116. The first kappa shape index (κ1) is 19.2. The van der Waals surface area contributed by atoms with Crippen molar-refractivity contribution in [2.75, 3.05) is 37.9 Å². The summed E-state index contributed by atoms with van der Waals surface area (Å²) in [7, 11) is 0. The summed E-state index contributed by atoms with van der Waals surface area (Å²) in [6.07, 6.45) is 0.116. The Morgan fingerprint density at radius 2 is 2.00 bits per heavy atom. The van der Waals surface area contributed by atoms with Crippen LogP contribution in [0.2, 0.25) is 0 Å². The summed E-state index contributed by atoms with van der Waals surface area (Å²) in [4.78, 5) is 26.5. The molecule has 3 rings (SSSR count).